The Kier molecular flexibility index (Phi) is 7.21. The Labute approximate surface area is 217 Å². The van der Waals surface area contributed by atoms with Gasteiger partial charge in [-0.25, -0.2) is 9.18 Å². The van der Waals surface area contributed by atoms with E-state index in [4.69, 9.17) is 4.74 Å². The highest BCUT2D eigenvalue weighted by molar-refractivity contribution is 5.89. The SMILES string of the molecule is CC(C)(C)OC(=O)NC(CN[C@@H]1C(=O)N(C(C)(C)c2ccc(F)cc2)[C@@H]2C[C@@H]12)C(=O)N1CCCC1C#N. The number of ether oxygens (including phenoxy) is 1. The van der Waals surface area contributed by atoms with Gasteiger partial charge in [-0.1, -0.05) is 12.1 Å². The van der Waals surface area contributed by atoms with Crippen molar-refractivity contribution in [1.29, 1.82) is 5.26 Å². The Morgan fingerprint density at radius 3 is 2.51 bits per heavy atom. The molecule has 0 spiro atoms. The Morgan fingerprint density at radius 2 is 1.89 bits per heavy atom. The first-order valence-electron chi connectivity index (χ1n) is 12.9. The van der Waals surface area contributed by atoms with Crippen LogP contribution >= 0.6 is 0 Å². The lowest BCUT2D eigenvalue weighted by Crippen LogP contribution is -2.57. The van der Waals surface area contributed by atoms with E-state index in [1.165, 1.54) is 17.0 Å². The van der Waals surface area contributed by atoms with Crippen LogP contribution in [0.4, 0.5) is 9.18 Å². The normalized spacial score (nSPS) is 25.9. The van der Waals surface area contributed by atoms with Gasteiger partial charge in [0.25, 0.3) is 0 Å². The summed E-state index contributed by atoms with van der Waals surface area (Å²) in [6.07, 6.45) is 1.40. The molecule has 3 amide bonds. The van der Waals surface area contributed by atoms with E-state index >= 15 is 0 Å². The van der Waals surface area contributed by atoms with Crippen LogP contribution in [0.15, 0.2) is 24.3 Å². The average molecular weight is 514 g/mol. The molecule has 2 unspecified atom stereocenters. The van der Waals surface area contributed by atoms with Gasteiger partial charge in [0.05, 0.1) is 17.6 Å². The van der Waals surface area contributed by atoms with Crippen LogP contribution in [0.5, 0.6) is 0 Å². The van der Waals surface area contributed by atoms with Crippen LogP contribution in [0.1, 0.15) is 59.4 Å². The number of fused-ring (bicyclic) bond motifs is 1. The topological polar surface area (TPSA) is 115 Å². The van der Waals surface area contributed by atoms with Gasteiger partial charge in [-0.3, -0.25) is 9.59 Å². The zero-order chi connectivity index (χ0) is 27.1. The van der Waals surface area contributed by atoms with Crippen LogP contribution in [-0.4, -0.2) is 70.6 Å². The molecule has 1 aliphatic carbocycles. The van der Waals surface area contributed by atoms with E-state index in [0.717, 1.165) is 18.4 Å². The number of halogens is 1. The summed E-state index contributed by atoms with van der Waals surface area (Å²) in [6.45, 7) is 9.55. The molecule has 4 rings (SSSR count). The summed E-state index contributed by atoms with van der Waals surface area (Å²) < 4.78 is 18.8. The highest BCUT2D eigenvalue weighted by Gasteiger charge is 2.61. The smallest absolute Gasteiger partial charge is 0.408 e. The van der Waals surface area contributed by atoms with E-state index < -0.39 is 35.4 Å². The maximum Gasteiger partial charge on any atom is 0.408 e. The summed E-state index contributed by atoms with van der Waals surface area (Å²) in [7, 11) is 0. The van der Waals surface area contributed by atoms with Crippen molar-refractivity contribution in [2.24, 2.45) is 5.92 Å². The number of alkyl carbamates (subject to hydrolysis) is 1. The minimum absolute atomic E-state index is 0.0250. The number of nitrogens with one attached hydrogen (secondary N) is 2. The van der Waals surface area contributed by atoms with Crippen molar-refractivity contribution in [1.82, 2.24) is 20.4 Å². The fourth-order valence-electron chi connectivity index (χ4n) is 5.54. The number of hydrogen-bond acceptors (Lipinski definition) is 6. The van der Waals surface area contributed by atoms with Crippen LogP contribution in [0.25, 0.3) is 0 Å². The van der Waals surface area contributed by atoms with Gasteiger partial charge >= 0.3 is 6.09 Å². The second-order valence-corrected chi connectivity index (χ2v) is 11.6. The molecular formula is C27H36FN5O4. The van der Waals surface area contributed by atoms with Gasteiger partial charge in [0.1, 0.15) is 23.5 Å². The number of benzene rings is 1. The van der Waals surface area contributed by atoms with Crippen LogP contribution in [-0.2, 0) is 19.9 Å². The Balaban J connectivity index is 1.47. The molecule has 1 saturated carbocycles. The third-order valence-electron chi connectivity index (χ3n) is 7.44. The van der Waals surface area contributed by atoms with Crippen LogP contribution in [0, 0.1) is 23.1 Å². The highest BCUT2D eigenvalue weighted by atomic mass is 19.1. The molecule has 1 aromatic rings. The Morgan fingerprint density at radius 1 is 1.22 bits per heavy atom. The van der Waals surface area contributed by atoms with E-state index in [9.17, 15) is 24.0 Å². The van der Waals surface area contributed by atoms with Crippen molar-refractivity contribution in [3.63, 3.8) is 0 Å². The molecule has 2 aliphatic heterocycles. The molecule has 9 nitrogen and oxygen atoms in total. The minimum Gasteiger partial charge on any atom is -0.444 e. The highest BCUT2D eigenvalue weighted by Crippen LogP contribution is 2.50. The second-order valence-electron chi connectivity index (χ2n) is 11.6. The van der Waals surface area contributed by atoms with E-state index in [-0.39, 0.29) is 36.1 Å². The second kappa shape index (κ2) is 9.93. The standard InChI is InChI=1S/C27H36FN5O4/c1-26(2,3)37-25(36)31-20(23(34)32-12-6-7-18(32)14-29)15-30-22-19-13-21(19)33(24(22)35)27(4,5)16-8-10-17(28)11-9-16/h8-11,18-22,30H,6-7,12-13,15H2,1-5H3,(H,31,36)/t18?,19-,20?,21-,22+/m1/s1. The van der Waals surface area contributed by atoms with Gasteiger partial charge in [-0.05, 0) is 71.6 Å². The molecule has 200 valence electrons. The molecule has 3 aliphatic rings. The summed E-state index contributed by atoms with van der Waals surface area (Å²) in [5.74, 6) is -0.706. The molecule has 3 fully saturated rings. The van der Waals surface area contributed by atoms with Crippen molar-refractivity contribution in [3.05, 3.63) is 35.6 Å². The third kappa shape index (κ3) is 5.57. The molecule has 0 radical (unpaired) electrons. The van der Waals surface area contributed by atoms with Crippen molar-refractivity contribution >= 4 is 17.9 Å². The molecule has 1 aromatic carbocycles. The van der Waals surface area contributed by atoms with Gasteiger partial charge in [-0.15, -0.1) is 0 Å². The number of nitriles is 1. The molecular weight excluding hydrogens is 477 g/mol. The summed E-state index contributed by atoms with van der Waals surface area (Å²) >= 11 is 0. The summed E-state index contributed by atoms with van der Waals surface area (Å²) in [4.78, 5) is 42.8. The summed E-state index contributed by atoms with van der Waals surface area (Å²) in [5.41, 5.74) is -0.548. The molecule has 10 heteroatoms. The Hall–Kier alpha value is -3.19. The van der Waals surface area contributed by atoms with E-state index in [1.54, 1.807) is 32.9 Å². The van der Waals surface area contributed by atoms with Crippen molar-refractivity contribution < 1.29 is 23.5 Å². The maximum atomic E-state index is 13.5. The minimum atomic E-state index is -0.993. The molecule has 2 N–H and O–H groups in total. The third-order valence-corrected chi connectivity index (χ3v) is 7.44. The number of nitrogens with zero attached hydrogens (tertiary/aromatic N) is 3. The van der Waals surface area contributed by atoms with E-state index in [1.807, 2.05) is 18.7 Å². The fourth-order valence-corrected chi connectivity index (χ4v) is 5.54. The zero-order valence-electron chi connectivity index (χ0n) is 22.1. The van der Waals surface area contributed by atoms with Crippen LogP contribution in [0.3, 0.4) is 0 Å². The molecule has 2 heterocycles. The van der Waals surface area contributed by atoms with Crippen LogP contribution in [0.2, 0.25) is 0 Å². The molecule has 2 saturated heterocycles. The number of amides is 3. The molecule has 0 bridgehead atoms. The first kappa shape index (κ1) is 26.9. The predicted molar refractivity (Wildman–Crippen MR) is 133 cm³/mol. The zero-order valence-corrected chi connectivity index (χ0v) is 22.1. The van der Waals surface area contributed by atoms with Crippen molar-refractivity contribution in [3.8, 4) is 6.07 Å². The number of piperidine rings is 1. The summed E-state index contributed by atoms with van der Waals surface area (Å²) in [6, 6.07) is 6.35. The first-order valence-corrected chi connectivity index (χ1v) is 12.9. The fraction of sp³-hybridized carbons (Fsp3) is 0.630. The van der Waals surface area contributed by atoms with E-state index in [2.05, 4.69) is 16.7 Å². The van der Waals surface area contributed by atoms with Gasteiger partial charge in [0.2, 0.25) is 11.8 Å². The molecule has 37 heavy (non-hydrogen) atoms. The predicted octanol–water partition coefficient (Wildman–Crippen LogP) is 2.66. The van der Waals surface area contributed by atoms with Gasteiger partial charge in [0, 0.05) is 25.0 Å². The van der Waals surface area contributed by atoms with Gasteiger partial charge in [-0.2, -0.15) is 5.26 Å². The number of rotatable bonds is 7. The lowest BCUT2D eigenvalue weighted by atomic mass is 9.92. The Bertz CT molecular complexity index is 1090. The monoisotopic (exact) mass is 513 g/mol. The molecule has 0 aromatic heterocycles. The van der Waals surface area contributed by atoms with Crippen molar-refractivity contribution in [2.45, 2.75) is 89.2 Å². The first-order chi connectivity index (χ1) is 17.3. The lowest BCUT2D eigenvalue weighted by molar-refractivity contribution is -0.137. The van der Waals surface area contributed by atoms with Crippen molar-refractivity contribution in [2.75, 3.05) is 13.1 Å². The lowest BCUT2D eigenvalue weighted by Gasteiger charge is -2.38. The number of carbonyl (C=O) groups is 3. The number of likely N-dealkylation sites (tertiary alicyclic amines) is 2. The van der Waals surface area contributed by atoms with Crippen LogP contribution < -0.4 is 10.6 Å². The largest absolute Gasteiger partial charge is 0.444 e. The average Bonchev–Trinajstić information content (AvgIpc) is 3.30. The number of carbonyl (C=O) groups excluding carboxylic acids is 3. The molecule has 5 atom stereocenters. The number of hydrogen-bond donors (Lipinski definition) is 2. The summed E-state index contributed by atoms with van der Waals surface area (Å²) in [5, 5.41) is 15.3. The van der Waals surface area contributed by atoms with Gasteiger partial charge < -0.3 is 25.2 Å². The quantitative estimate of drug-likeness (QED) is 0.579. The maximum absolute atomic E-state index is 13.5. The van der Waals surface area contributed by atoms with E-state index in [0.29, 0.717) is 13.0 Å². The van der Waals surface area contributed by atoms with Gasteiger partial charge in [0.15, 0.2) is 0 Å².